The number of rotatable bonds is 5. The lowest BCUT2D eigenvalue weighted by atomic mass is 9.97. The molecule has 3 rings (SSSR count). The van der Waals surface area contributed by atoms with Gasteiger partial charge in [0.05, 0.1) is 12.6 Å². The number of methoxy groups -OCH3 is 1. The van der Waals surface area contributed by atoms with Crippen LogP contribution in [0.25, 0.3) is 0 Å². The fraction of sp³-hybridized carbons (Fsp3) is 0.381. The molecule has 1 aliphatic rings. The third kappa shape index (κ3) is 4.29. The number of halogens is 1. The van der Waals surface area contributed by atoms with Gasteiger partial charge in [-0.15, -0.1) is 0 Å². The summed E-state index contributed by atoms with van der Waals surface area (Å²) in [6.45, 7) is 2.82. The fourth-order valence-electron chi connectivity index (χ4n) is 3.22. The molecule has 26 heavy (non-hydrogen) atoms. The van der Waals surface area contributed by atoms with Gasteiger partial charge in [0.25, 0.3) is 5.91 Å². The number of carbonyl (C=O) groups is 1. The molecule has 2 atom stereocenters. The van der Waals surface area contributed by atoms with E-state index in [1.165, 1.54) is 6.07 Å². The molecule has 2 aromatic carbocycles. The zero-order valence-electron chi connectivity index (χ0n) is 15.1. The fourth-order valence-corrected chi connectivity index (χ4v) is 3.22. The lowest BCUT2D eigenvalue weighted by molar-refractivity contribution is -0.0479. The smallest absolute Gasteiger partial charge is 0.251 e. The van der Waals surface area contributed by atoms with Gasteiger partial charge in [-0.3, -0.25) is 4.79 Å². The van der Waals surface area contributed by atoms with Gasteiger partial charge in [0.2, 0.25) is 0 Å². The second-order valence-electron chi connectivity index (χ2n) is 6.64. The lowest BCUT2D eigenvalue weighted by Crippen LogP contribution is -2.49. The van der Waals surface area contributed by atoms with Crippen molar-refractivity contribution in [3.8, 4) is 0 Å². The highest BCUT2D eigenvalue weighted by molar-refractivity contribution is 5.96. The van der Waals surface area contributed by atoms with Gasteiger partial charge in [-0.05, 0) is 48.6 Å². The van der Waals surface area contributed by atoms with E-state index >= 15 is 0 Å². The third-order valence-electron chi connectivity index (χ3n) is 4.82. The van der Waals surface area contributed by atoms with Crippen molar-refractivity contribution in [1.29, 1.82) is 0 Å². The van der Waals surface area contributed by atoms with Crippen molar-refractivity contribution in [2.45, 2.75) is 31.9 Å². The van der Waals surface area contributed by atoms with Crippen molar-refractivity contribution in [3.05, 3.63) is 70.5 Å². The van der Waals surface area contributed by atoms with Crippen molar-refractivity contribution in [2.75, 3.05) is 20.3 Å². The summed E-state index contributed by atoms with van der Waals surface area (Å²) in [7, 11) is 1.62. The maximum absolute atomic E-state index is 13.8. The van der Waals surface area contributed by atoms with Gasteiger partial charge in [0.15, 0.2) is 0 Å². The molecule has 5 heteroatoms. The summed E-state index contributed by atoms with van der Waals surface area (Å²) >= 11 is 0. The van der Waals surface area contributed by atoms with Crippen LogP contribution in [-0.4, -0.2) is 38.4 Å². The molecular weight excluding hydrogens is 333 g/mol. The van der Waals surface area contributed by atoms with E-state index in [9.17, 15) is 9.18 Å². The minimum atomic E-state index is -0.227. The molecule has 1 fully saturated rings. The summed E-state index contributed by atoms with van der Waals surface area (Å²) in [6, 6.07) is 12.6. The Bertz CT molecular complexity index is 778. The van der Waals surface area contributed by atoms with Gasteiger partial charge in [-0.25, -0.2) is 4.39 Å². The first-order chi connectivity index (χ1) is 12.6. The van der Waals surface area contributed by atoms with Crippen molar-refractivity contribution in [3.63, 3.8) is 0 Å². The van der Waals surface area contributed by atoms with Crippen molar-refractivity contribution in [1.82, 2.24) is 5.32 Å². The van der Waals surface area contributed by atoms with E-state index in [2.05, 4.69) is 5.32 Å². The molecule has 1 aliphatic heterocycles. The maximum Gasteiger partial charge on any atom is 0.251 e. The molecule has 138 valence electrons. The molecule has 1 N–H and O–H groups in total. The minimum absolute atomic E-state index is 0.0777. The van der Waals surface area contributed by atoms with E-state index in [0.29, 0.717) is 30.8 Å². The first kappa shape index (κ1) is 18.5. The average molecular weight is 357 g/mol. The number of carbonyl (C=O) groups excluding carboxylic acids is 1. The summed E-state index contributed by atoms with van der Waals surface area (Å²) in [6.07, 6.45) is 1.07. The summed E-state index contributed by atoms with van der Waals surface area (Å²) in [5.41, 5.74) is 2.93. The van der Waals surface area contributed by atoms with Crippen molar-refractivity contribution < 1.29 is 18.7 Å². The highest BCUT2D eigenvalue weighted by Gasteiger charge is 2.27. The van der Waals surface area contributed by atoms with E-state index in [1.54, 1.807) is 26.2 Å². The maximum atomic E-state index is 13.8. The van der Waals surface area contributed by atoms with Gasteiger partial charge in [-0.2, -0.15) is 0 Å². The molecule has 0 aromatic heterocycles. The van der Waals surface area contributed by atoms with Gasteiger partial charge in [-0.1, -0.05) is 30.3 Å². The monoisotopic (exact) mass is 357 g/mol. The molecule has 0 spiro atoms. The number of ether oxygens (including phenoxy) is 2. The van der Waals surface area contributed by atoms with E-state index in [0.717, 1.165) is 17.5 Å². The van der Waals surface area contributed by atoms with Crippen LogP contribution in [0.1, 0.15) is 33.5 Å². The number of aryl methyl sites for hydroxylation is 1. The first-order valence-corrected chi connectivity index (χ1v) is 8.83. The van der Waals surface area contributed by atoms with Crippen LogP contribution in [0.15, 0.2) is 42.5 Å². The summed E-state index contributed by atoms with van der Waals surface area (Å²) < 4.78 is 24.6. The summed E-state index contributed by atoms with van der Waals surface area (Å²) in [5, 5.41) is 3.06. The number of amides is 1. The molecule has 1 heterocycles. The largest absolute Gasteiger partial charge is 0.379 e. The summed E-state index contributed by atoms with van der Waals surface area (Å²) in [5.74, 6) is -0.364. The third-order valence-corrected chi connectivity index (χ3v) is 4.82. The second kappa shape index (κ2) is 8.43. The first-order valence-electron chi connectivity index (χ1n) is 8.83. The standard InChI is InChI=1S/C21H24FNO3/c1-14-7-8-15(12-18(14)22)11-16-5-3-4-6-17(16)21(24)23-19-9-10-26-13-20(19)25-2/h3-8,12,19-20H,9-11,13H2,1-2H3,(H,23,24)/t19-,20-/m0/s1. The van der Waals surface area contributed by atoms with E-state index in [4.69, 9.17) is 9.47 Å². The molecule has 0 bridgehead atoms. The number of hydrogen-bond donors (Lipinski definition) is 1. The number of hydrogen-bond acceptors (Lipinski definition) is 3. The normalized spacial score (nSPS) is 20.0. The predicted molar refractivity (Wildman–Crippen MR) is 97.9 cm³/mol. The SMILES string of the molecule is CO[C@H]1COCC[C@@H]1NC(=O)c1ccccc1Cc1ccc(C)c(F)c1. The Morgan fingerprint density at radius 3 is 2.88 bits per heavy atom. The van der Waals surface area contributed by atoms with Gasteiger partial charge >= 0.3 is 0 Å². The molecular formula is C21H24FNO3. The lowest BCUT2D eigenvalue weighted by Gasteiger charge is -2.31. The van der Waals surface area contributed by atoms with Crippen LogP contribution in [-0.2, 0) is 15.9 Å². The Morgan fingerprint density at radius 1 is 1.31 bits per heavy atom. The zero-order valence-corrected chi connectivity index (χ0v) is 15.1. The molecule has 0 unspecified atom stereocenters. The van der Waals surface area contributed by atoms with Crippen LogP contribution in [0.5, 0.6) is 0 Å². The molecule has 0 radical (unpaired) electrons. The molecule has 0 saturated carbocycles. The van der Waals surface area contributed by atoms with Gasteiger partial charge < -0.3 is 14.8 Å². The Hall–Kier alpha value is -2.24. The Kier molecular flexibility index (Phi) is 6.01. The Morgan fingerprint density at radius 2 is 2.12 bits per heavy atom. The van der Waals surface area contributed by atoms with Crippen LogP contribution < -0.4 is 5.32 Å². The van der Waals surface area contributed by atoms with Crippen LogP contribution in [0.4, 0.5) is 4.39 Å². The molecule has 4 nitrogen and oxygen atoms in total. The van der Waals surface area contributed by atoms with Crippen LogP contribution in [0.3, 0.4) is 0 Å². The summed E-state index contributed by atoms with van der Waals surface area (Å²) in [4.78, 5) is 12.8. The van der Waals surface area contributed by atoms with E-state index in [-0.39, 0.29) is 23.9 Å². The Balaban J connectivity index is 1.77. The zero-order chi connectivity index (χ0) is 18.5. The predicted octanol–water partition coefficient (Wildman–Crippen LogP) is 3.26. The number of nitrogens with one attached hydrogen (secondary N) is 1. The Labute approximate surface area is 153 Å². The van der Waals surface area contributed by atoms with Crippen LogP contribution in [0.2, 0.25) is 0 Å². The van der Waals surface area contributed by atoms with E-state index in [1.807, 2.05) is 24.3 Å². The van der Waals surface area contributed by atoms with Crippen molar-refractivity contribution in [2.24, 2.45) is 0 Å². The van der Waals surface area contributed by atoms with Crippen LogP contribution in [0, 0.1) is 12.7 Å². The van der Waals surface area contributed by atoms with Crippen LogP contribution >= 0.6 is 0 Å². The second-order valence-corrected chi connectivity index (χ2v) is 6.64. The highest BCUT2D eigenvalue weighted by atomic mass is 19.1. The van der Waals surface area contributed by atoms with E-state index < -0.39 is 0 Å². The minimum Gasteiger partial charge on any atom is -0.379 e. The molecule has 1 amide bonds. The number of benzene rings is 2. The van der Waals surface area contributed by atoms with Crippen molar-refractivity contribution >= 4 is 5.91 Å². The average Bonchev–Trinajstić information content (AvgIpc) is 2.65. The molecule has 0 aliphatic carbocycles. The van der Waals surface area contributed by atoms with Gasteiger partial charge in [0, 0.05) is 19.3 Å². The quantitative estimate of drug-likeness (QED) is 0.894. The van der Waals surface area contributed by atoms with Gasteiger partial charge in [0.1, 0.15) is 11.9 Å². The highest BCUT2D eigenvalue weighted by Crippen LogP contribution is 2.18. The topological polar surface area (TPSA) is 47.6 Å². The molecule has 2 aromatic rings. The molecule has 1 saturated heterocycles.